The molecule has 0 saturated heterocycles. The van der Waals surface area contributed by atoms with E-state index in [0.717, 1.165) is 12.0 Å². The Balaban J connectivity index is 0.000000387. The normalized spacial score (nSPS) is 10.9. The van der Waals surface area contributed by atoms with E-state index in [2.05, 4.69) is 48.7 Å². The van der Waals surface area contributed by atoms with E-state index < -0.39 is 6.04 Å². The molecule has 7 N–H and O–H groups in total. The summed E-state index contributed by atoms with van der Waals surface area (Å²) < 4.78 is 0. The highest BCUT2D eigenvalue weighted by Crippen LogP contribution is 2.04. The minimum absolute atomic E-state index is 0.00120. The first-order valence-electron chi connectivity index (χ1n) is 9.52. The molecule has 7 nitrogen and oxygen atoms in total. The highest BCUT2D eigenvalue weighted by atomic mass is 16.2. The number of nitrogens with two attached hydrogens (primary N) is 2. The molecule has 7 heteroatoms. The van der Waals surface area contributed by atoms with Gasteiger partial charge in [-0.2, -0.15) is 0 Å². The third-order valence-electron chi connectivity index (χ3n) is 4.18. The summed E-state index contributed by atoms with van der Waals surface area (Å²) in [5.41, 5.74) is 14.8. The first-order valence-corrected chi connectivity index (χ1v) is 9.52. The van der Waals surface area contributed by atoms with Crippen LogP contribution in [-0.2, 0) is 22.6 Å². The summed E-state index contributed by atoms with van der Waals surface area (Å²) in [5.74, 6) is -0.667. The predicted octanol–water partition coefficient (Wildman–Crippen LogP) is 1.61. The Bertz CT molecular complexity index is 818. The van der Waals surface area contributed by atoms with Gasteiger partial charge >= 0.3 is 0 Å². The largest absolute Gasteiger partial charge is 0.384 e. The molecule has 0 heterocycles. The van der Waals surface area contributed by atoms with Crippen LogP contribution in [0.15, 0.2) is 48.5 Å². The number of nitrogens with one attached hydrogen (secondary N) is 3. The van der Waals surface area contributed by atoms with Crippen LogP contribution in [0.4, 0.5) is 0 Å². The molecule has 0 aliphatic rings. The van der Waals surface area contributed by atoms with Crippen LogP contribution in [0, 0.1) is 12.3 Å². The van der Waals surface area contributed by atoms with Gasteiger partial charge in [-0.1, -0.05) is 61.0 Å². The van der Waals surface area contributed by atoms with Crippen LogP contribution in [0.5, 0.6) is 0 Å². The predicted molar refractivity (Wildman–Crippen MR) is 117 cm³/mol. The molecule has 0 aromatic heterocycles. The van der Waals surface area contributed by atoms with Gasteiger partial charge in [-0.15, -0.1) is 0 Å². The van der Waals surface area contributed by atoms with Crippen molar-refractivity contribution < 1.29 is 9.59 Å². The van der Waals surface area contributed by atoms with Crippen molar-refractivity contribution in [3.8, 4) is 0 Å². The smallest absolute Gasteiger partial charge is 0.242 e. The minimum Gasteiger partial charge on any atom is -0.384 e. The molecule has 2 aromatic rings. The van der Waals surface area contributed by atoms with Gasteiger partial charge in [0.05, 0.1) is 6.54 Å². The van der Waals surface area contributed by atoms with Crippen LogP contribution in [-0.4, -0.2) is 30.2 Å². The number of hydrogen-bond donors (Lipinski definition) is 5. The van der Waals surface area contributed by atoms with Crippen LogP contribution in [0.1, 0.15) is 36.1 Å². The fourth-order valence-corrected chi connectivity index (χ4v) is 2.44. The lowest BCUT2D eigenvalue weighted by Crippen LogP contribution is -2.46. The van der Waals surface area contributed by atoms with Gasteiger partial charge in [0.25, 0.3) is 0 Å². The molecule has 0 aliphatic heterocycles. The molecular weight excluding hydrogens is 366 g/mol. The van der Waals surface area contributed by atoms with E-state index in [-0.39, 0.29) is 24.2 Å². The molecule has 1 unspecified atom stereocenters. The summed E-state index contributed by atoms with van der Waals surface area (Å²) in [6.07, 6.45) is 1.14. The SMILES string of the molecule is CC(NC(=O)CN)C(=O)NCc1ccc(C(=N)N)cc1.CCc1cccc(C)c1. The third-order valence-corrected chi connectivity index (χ3v) is 4.18. The fraction of sp³-hybridized carbons (Fsp3) is 0.318. The van der Waals surface area contributed by atoms with E-state index in [4.69, 9.17) is 16.9 Å². The molecule has 0 radical (unpaired) electrons. The maximum atomic E-state index is 11.7. The van der Waals surface area contributed by atoms with Gasteiger partial charge in [0.1, 0.15) is 11.9 Å². The van der Waals surface area contributed by atoms with Gasteiger partial charge in [-0.25, -0.2) is 0 Å². The van der Waals surface area contributed by atoms with E-state index in [9.17, 15) is 9.59 Å². The van der Waals surface area contributed by atoms with Gasteiger partial charge in [0.15, 0.2) is 0 Å². The zero-order valence-corrected chi connectivity index (χ0v) is 17.3. The summed E-state index contributed by atoms with van der Waals surface area (Å²) >= 11 is 0. The maximum Gasteiger partial charge on any atom is 0.242 e. The molecule has 0 fully saturated rings. The van der Waals surface area contributed by atoms with Crippen molar-refractivity contribution in [2.45, 2.75) is 39.8 Å². The second kappa shape index (κ2) is 12.3. The van der Waals surface area contributed by atoms with Gasteiger partial charge in [-0.05, 0) is 31.4 Å². The highest BCUT2D eigenvalue weighted by Gasteiger charge is 2.14. The third kappa shape index (κ3) is 9.03. The van der Waals surface area contributed by atoms with E-state index in [0.29, 0.717) is 12.1 Å². The molecule has 2 amide bonds. The maximum absolute atomic E-state index is 11.7. The molecular formula is C22H31N5O2. The van der Waals surface area contributed by atoms with E-state index >= 15 is 0 Å². The summed E-state index contributed by atoms with van der Waals surface area (Å²) in [4.78, 5) is 22.8. The Kier molecular flexibility index (Phi) is 10.1. The zero-order valence-electron chi connectivity index (χ0n) is 17.3. The Morgan fingerprint density at radius 1 is 1.10 bits per heavy atom. The van der Waals surface area contributed by atoms with E-state index in [1.807, 2.05) is 0 Å². The Morgan fingerprint density at radius 3 is 2.24 bits per heavy atom. The number of rotatable bonds is 7. The quantitative estimate of drug-likeness (QED) is 0.358. The number of nitrogen functional groups attached to an aromatic ring is 1. The van der Waals surface area contributed by atoms with Crippen LogP contribution >= 0.6 is 0 Å². The lowest BCUT2D eigenvalue weighted by molar-refractivity contribution is -0.128. The topological polar surface area (TPSA) is 134 Å². The monoisotopic (exact) mass is 397 g/mol. The second-order valence-electron chi connectivity index (χ2n) is 6.66. The van der Waals surface area contributed by atoms with Gasteiger partial charge in [0.2, 0.25) is 11.8 Å². The highest BCUT2D eigenvalue weighted by molar-refractivity contribution is 5.94. The molecule has 0 aliphatic carbocycles. The lowest BCUT2D eigenvalue weighted by Gasteiger charge is -2.13. The second-order valence-corrected chi connectivity index (χ2v) is 6.66. The Morgan fingerprint density at radius 2 is 1.76 bits per heavy atom. The van der Waals surface area contributed by atoms with Crippen molar-refractivity contribution >= 4 is 17.6 Å². The summed E-state index contributed by atoms with van der Waals surface area (Å²) in [6.45, 7) is 6.07. The van der Waals surface area contributed by atoms with E-state index in [1.54, 1.807) is 31.2 Å². The summed E-state index contributed by atoms with van der Waals surface area (Å²) in [5, 5.41) is 12.4. The summed E-state index contributed by atoms with van der Waals surface area (Å²) in [7, 11) is 0. The number of benzene rings is 2. The van der Waals surface area contributed by atoms with Gasteiger partial charge in [0, 0.05) is 12.1 Å². The van der Waals surface area contributed by atoms with E-state index in [1.165, 1.54) is 11.1 Å². The van der Waals surface area contributed by atoms with Crippen molar-refractivity contribution in [3.05, 3.63) is 70.8 Å². The molecule has 156 valence electrons. The molecule has 29 heavy (non-hydrogen) atoms. The number of carbonyl (C=O) groups is 2. The molecule has 0 spiro atoms. The van der Waals surface area contributed by atoms with Gasteiger partial charge < -0.3 is 22.1 Å². The molecule has 0 bridgehead atoms. The standard InChI is InChI=1S/C13H19N5O2.C9H12/c1-8(18-11(19)6-14)13(20)17-7-9-2-4-10(5-3-9)12(15)16;1-3-9-6-4-5-8(2)7-9/h2-5,8H,6-7,14H2,1H3,(H3,15,16)(H,17,20)(H,18,19);4-7H,3H2,1-2H3. The van der Waals surface area contributed by atoms with Crippen molar-refractivity contribution in [3.63, 3.8) is 0 Å². The van der Waals surface area contributed by atoms with Crippen LogP contribution < -0.4 is 22.1 Å². The average molecular weight is 398 g/mol. The zero-order chi connectivity index (χ0) is 21.8. The Hall–Kier alpha value is -3.19. The van der Waals surface area contributed by atoms with Crippen molar-refractivity contribution in [2.75, 3.05) is 6.54 Å². The van der Waals surface area contributed by atoms with Crippen molar-refractivity contribution in [1.82, 2.24) is 10.6 Å². The first kappa shape index (κ1) is 23.8. The van der Waals surface area contributed by atoms with Crippen LogP contribution in [0.2, 0.25) is 0 Å². The fourth-order valence-electron chi connectivity index (χ4n) is 2.44. The Labute approximate surface area is 172 Å². The number of amidine groups is 1. The number of hydrogen-bond acceptors (Lipinski definition) is 4. The molecule has 1 atom stereocenters. The molecule has 2 aromatic carbocycles. The number of amides is 2. The van der Waals surface area contributed by atoms with Crippen molar-refractivity contribution in [1.29, 1.82) is 5.41 Å². The minimum atomic E-state index is -0.637. The molecule has 2 rings (SSSR count). The van der Waals surface area contributed by atoms with Gasteiger partial charge in [-0.3, -0.25) is 15.0 Å². The van der Waals surface area contributed by atoms with Crippen LogP contribution in [0.25, 0.3) is 0 Å². The number of carbonyl (C=O) groups excluding carboxylic acids is 2. The molecule has 0 saturated carbocycles. The summed E-state index contributed by atoms with van der Waals surface area (Å²) in [6, 6.07) is 15.0. The van der Waals surface area contributed by atoms with Crippen molar-refractivity contribution in [2.24, 2.45) is 11.5 Å². The first-order chi connectivity index (χ1) is 13.8. The number of aryl methyl sites for hydroxylation is 2. The van der Waals surface area contributed by atoms with Crippen LogP contribution in [0.3, 0.4) is 0 Å². The average Bonchev–Trinajstić information content (AvgIpc) is 2.72. The lowest BCUT2D eigenvalue weighted by atomic mass is 10.1.